The Morgan fingerprint density at radius 1 is 1.19 bits per heavy atom. The zero-order chi connectivity index (χ0) is 15.2. The minimum absolute atomic E-state index is 0.101. The highest BCUT2D eigenvalue weighted by Gasteiger charge is 2.09. The first-order valence-corrected chi connectivity index (χ1v) is 6.21. The third-order valence-electron chi connectivity index (χ3n) is 2.86. The van der Waals surface area contributed by atoms with Gasteiger partial charge in [-0.1, -0.05) is 30.3 Å². The molecule has 0 aliphatic carbocycles. The molecule has 106 valence electrons. The molecule has 0 spiro atoms. The van der Waals surface area contributed by atoms with Crippen LogP contribution in [0.4, 0.5) is 5.69 Å². The van der Waals surface area contributed by atoms with Crippen LogP contribution < -0.4 is 4.74 Å². The highest BCUT2D eigenvalue weighted by molar-refractivity contribution is 6.07. The van der Waals surface area contributed by atoms with Crippen molar-refractivity contribution in [3.8, 4) is 5.75 Å². The topological polar surface area (TPSA) is 69.4 Å². The van der Waals surface area contributed by atoms with Gasteiger partial charge in [-0.3, -0.25) is 14.9 Å². The van der Waals surface area contributed by atoms with E-state index < -0.39 is 4.92 Å². The van der Waals surface area contributed by atoms with Crippen LogP contribution in [-0.2, 0) is 0 Å². The van der Waals surface area contributed by atoms with Gasteiger partial charge in [0.2, 0.25) is 0 Å². The molecule has 0 radical (unpaired) electrons. The molecule has 0 saturated heterocycles. The fourth-order valence-electron chi connectivity index (χ4n) is 1.79. The highest BCUT2D eigenvalue weighted by Crippen LogP contribution is 2.16. The molecule has 0 N–H and O–H groups in total. The number of ether oxygens (including phenoxy) is 1. The quantitative estimate of drug-likeness (QED) is 0.364. The molecule has 0 unspecified atom stereocenters. The van der Waals surface area contributed by atoms with E-state index >= 15 is 0 Å². The van der Waals surface area contributed by atoms with Gasteiger partial charge in [-0.05, 0) is 23.8 Å². The fourth-order valence-corrected chi connectivity index (χ4v) is 1.79. The van der Waals surface area contributed by atoms with Crippen LogP contribution in [-0.4, -0.2) is 17.8 Å². The van der Waals surface area contributed by atoms with Crippen molar-refractivity contribution < 1.29 is 14.5 Å². The fraction of sp³-hybridized carbons (Fsp3) is 0.0625. The molecule has 2 rings (SSSR count). The van der Waals surface area contributed by atoms with E-state index in [2.05, 4.69) is 0 Å². The lowest BCUT2D eigenvalue weighted by atomic mass is 10.1. The van der Waals surface area contributed by atoms with Gasteiger partial charge in [-0.25, -0.2) is 0 Å². The predicted molar refractivity (Wildman–Crippen MR) is 79.5 cm³/mol. The van der Waals surface area contributed by atoms with Gasteiger partial charge in [0.15, 0.2) is 5.78 Å². The number of hydrogen-bond acceptors (Lipinski definition) is 4. The monoisotopic (exact) mass is 283 g/mol. The maximum atomic E-state index is 12.0. The summed E-state index contributed by atoms with van der Waals surface area (Å²) in [6.45, 7) is 0. The summed E-state index contributed by atoms with van der Waals surface area (Å²) >= 11 is 0. The lowest BCUT2D eigenvalue weighted by molar-refractivity contribution is -0.384. The highest BCUT2D eigenvalue weighted by atomic mass is 16.6. The molecule has 5 nitrogen and oxygen atoms in total. The third-order valence-corrected chi connectivity index (χ3v) is 2.86. The number of carbonyl (C=O) groups excluding carboxylic acids is 1. The molecule has 21 heavy (non-hydrogen) atoms. The van der Waals surface area contributed by atoms with Crippen molar-refractivity contribution in [2.45, 2.75) is 0 Å². The molecular formula is C16H13NO4. The number of non-ortho nitro benzene ring substituents is 1. The largest absolute Gasteiger partial charge is 0.497 e. The molecule has 0 heterocycles. The van der Waals surface area contributed by atoms with Crippen LogP contribution >= 0.6 is 0 Å². The Hall–Kier alpha value is -2.95. The SMILES string of the molecule is COc1cccc(/C=C/C(=O)c2cccc([N+](=O)[O-])c2)c1. The molecule has 5 heteroatoms. The number of hydrogen-bond donors (Lipinski definition) is 0. The minimum Gasteiger partial charge on any atom is -0.497 e. The number of nitrogens with zero attached hydrogens (tertiary/aromatic N) is 1. The van der Waals surface area contributed by atoms with E-state index in [1.807, 2.05) is 12.1 Å². The van der Waals surface area contributed by atoms with E-state index in [0.29, 0.717) is 5.75 Å². The molecule has 2 aromatic carbocycles. The van der Waals surface area contributed by atoms with Gasteiger partial charge in [0, 0.05) is 17.7 Å². The van der Waals surface area contributed by atoms with Crippen LogP contribution in [0.25, 0.3) is 6.08 Å². The lowest BCUT2D eigenvalue weighted by Gasteiger charge is -2.00. The maximum Gasteiger partial charge on any atom is 0.270 e. The van der Waals surface area contributed by atoms with E-state index in [1.54, 1.807) is 31.4 Å². The average molecular weight is 283 g/mol. The summed E-state index contributed by atoms with van der Waals surface area (Å²) in [6, 6.07) is 12.9. The summed E-state index contributed by atoms with van der Waals surface area (Å²) in [4.78, 5) is 22.2. The lowest BCUT2D eigenvalue weighted by Crippen LogP contribution is -1.96. The van der Waals surface area contributed by atoms with E-state index in [0.717, 1.165) is 5.56 Å². The van der Waals surface area contributed by atoms with Crippen molar-refractivity contribution in [1.29, 1.82) is 0 Å². The Balaban J connectivity index is 2.18. The van der Waals surface area contributed by atoms with E-state index in [1.165, 1.54) is 24.3 Å². The Labute approximate surface area is 121 Å². The molecular weight excluding hydrogens is 270 g/mol. The molecule has 0 fully saturated rings. The maximum absolute atomic E-state index is 12.0. The van der Waals surface area contributed by atoms with Crippen LogP contribution in [0.15, 0.2) is 54.6 Å². The Bertz CT molecular complexity index is 707. The summed E-state index contributed by atoms with van der Waals surface area (Å²) in [6.07, 6.45) is 3.03. The standard InChI is InChI=1S/C16H13NO4/c1-21-15-7-2-4-12(10-15)8-9-16(18)13-5-3-6-14(11-13)17(19)20/h2-11H,1H3/b9-8+. The number of rotatable bonds is 5. The molecule has 0 amide bonds. The number of benzene rings is 2. The summed E-state index contributed by atoms with van der Waals surface area (Å²) in [7, 11) is 1.57. The molecule has 0 aromatic heterocycles. The van der Waals surface area contributed by atoms with E-state index in [9.17, 15) is 14.9 Å². The van der Waals surface area contributed by atoms with Crippen LogP contribution in [0.3, 0.4) is 0 Å². The summed E-state index contributed by atoms with van der Waals surface area (Å²) < 4.78 is 5.09. The van der Waals surface area contributed by atoms with Gasteiger partial charge in [0.05, 0.1) is 12.0 Å². The number of allylic oxidation sites excluding steroid dienone is 1. The van der Waals surface area contributed by atoms with Crippen molar-refractivity contribution in [2.75, 3.05) is 7.11 Å². The second-order valence-corrected chi connectivity index (χ2v) is 4.28. The number of methoxy groups -OCH3 is 1. The predicted octanol–water partition coefficient (Wildman–Crippen LogP) is 3.50. The first-order chi connectivity index (χ1) is 10.1. The molecule has 0 aliphatic heterocycles. The Kier molecular flexibility index (Phi) is 4.46. The van der Waals surface area contributed by atoms with Gasteiger partial charge < -0.3 is 4.74 Å². The average Bonchev–Trinajstić information content (AvgIpc) is 2.53. The van der Waals surface area contributed by atoms with Crippen molar-refractivity contribution >= 4 is 17.5 Å². The Morgan fingerprint density at radius 3 is 2.67 bits per heavy atom. The normalized spacial score (nSPS) is 10.5. The number of ketones is 1. The minimum atomic E-state index is -0.525. The molecule has 0 bridgehead atoms. The number of nitro benzene ring substituents is 1. The molecule has 0 aliphatic rings. The summed E-state index contributed by atoms with van der Waals surface area (Å²) in [5.41, 5.74) is 0.993. The van der Waals surface area contributed by atoms with Crippen molar-refractivity contribution in [3.63, 3.8) is 0 Å². The second-order valence-electron chi connectivity index (χ2n) is 4.28. The van der Waals surface area contributed by atoms with Crippen LogP contribution in [0.1, 0.15) is 15.9 Å². The summed E-state index contributed by atoms with van der Waals surface area (Å²) in [5.74, 6) is 0.404. The zero-order valence-electron chi connectivity index (χ0n) is 11.4. The summed E-state index contributed by atoms with van der Waals surface area (Å²) in [5, 5.41) is 10.7. The van der Waals surface area contributed by atoms with Crippen molar-refractivity contribution in [3.05, 3.63) is 75.8 Å². The number of carbonyl (C=O) groups is 1. The molecule has 0 saturated carbocycles. The molecule has 0 atom stereocenters. The zero-order valence-corrected chi connectivity index (χ0v) is 11.4. The van der Waals surface area contributed by atoms with Gasteiger partial charge in [0.1, 0.15) is 5.75 Å². The van der Waals surface area contributed by atoms with Gasteiger partial charge >= 0.3 is 0 Å². The van der Waals surface area contributed by atoms with Gasteiger partial charge in [-0.15, -0.1) is 0 Å². The van der Waals surface area contributed by atoms with E-state index in [4.69, 9.17) is 4.74 Å². The van der Waals surface area contributed by atoms with Crippen LogP contribution in [0, 0.1) is 10.1 Å². The molecule has 2 aromatic rings. The van der Waals surface area contributed by atoms with Gasteiger partial charge in [-0.2, -0.15) is 0 Å². The Morgan fingerprint density at radius 2 is 1.95 bits per heavy atom. The third kappa shape index (κ3) is 3.76. The first kappa shape index (κ1) is 14.5. The van der Waals surface area contributed by atoms with Crippen LogP contribution in [0.2, 0.25) is 0 Å². The van der Waals surface area contributed by atoms with E-state index in [-0.39, 0.29) is 17.0 Å². The van der Waals surface area contributed by atoms with Crippen molar-refractivity contribution in [1.82, 2.24) is 0 Å². The smallest absolute Gasteiger partial charge is 0.270 e. The first-order valence-electron chi connectivity index (χ1n) is 6.21. The van der Waals surface area contributed by atoms with Crippen LogP contribution in [0.5, 0.6) is 5.75 Å². The number of nitro groups is 1. The second kappa shape index (κ2) is 6.47. The van der Waals surface area contributed by atoms with Gasteiger partial charge in [0.25, 0.3) is 5.69 Å². The van der Waals surface area contributed by atoms with Crippen molar-refractivity contribution in [2.24, 2.45) is 0 Å².